The molecular weight excluding hydrogens is 328 g/mol. The number of nitrogens with zero attached hydrogens (tertiary/aromatic N) is 1. The van der Waals surface area contributed by atoms with Crippen LogP contribution in [0.2, 0.25) is 0 Å². The molecule has 0 atom stereocenters. The monoisotopic (exact) mass is 344 g/mol. The van der Waals surface area contributed by atoms with Crippen molar-refractivity contribution in [3.05, 3.63) is 69.7 Å². The van der Waals surface area contributed by atoms with Gasteiger partial charge in [0, 0.05) is 4.47 Å². The number of rotatable bonds is 4. The van der Waals surface area contributed by atoms with Crippen molar-refractivity contribution in [3.63, 3.8) is 0 Å². The van der Waals surface area contributed by atoms with Gasteiger partial charge in [0.1, 0.15) is 0 Å². The van der Waals surface area contributed by atoms with Crippen molar-refractivity contribution in [2.75, 3.05) is 0 Å². The largest absolute Gasteiger partial charge is 0.273 e. The van der Waals surface area contributed by atoms with E-state index in [1.54, 1.807) is 0 Å². The molecule has 3 nitrogen and oxygen atoms in total. The Morgan fingerprint density at radius 3 is 2.33 bits per heavy atom. The number of hydrogen-bond acceptors (Lipinski definition) is 2. The molecule has 0 aliphatic carbocycles. The van der Waals surface area contributed by atoms with E-state index < -0.39 is 0 Å². The SMILES string of the molecule is C/C(=N/NC(=O)Cc1ccc(C)cc1)c1ccc(Br)cc1. The van der Waals surface area contributed by atoms with Gasteiger partial charge in [0.15, 0.2) is 0 Å². The molecular formula is C17H17BrN2O. The first-order chi connectivity index (χ1) is 10.0. The van der Waals surface area contributed by atoms with Gasteiger partial charge in [0.25, 0.3) is 0 Å². The zero-order valence-corrected chi connectivity index (χ0v) is 13.6. The Balaban J connectivity index is 1.94. The van der Waals surface area contributed by atoms with E-state index in [1.807, 2.05) is 62.4 Å². The summed E-state index contributed by atoms with van der Waals surface area (Å²) >= 11 is 3.39. The maximum atomic E-state index is 11.9. The summed E-state index contributed by atoms with van der Waals surface area (Å²) in [5, 5.41) is 4.14. The minimum atomic E-state index is -0.115. The van der Waals surface area contributed by atoms with Crippen LogP contribution in [0.25, 0.3) is 0 Å². The fourth-order valence-electron chi connectivity index (χ4n) is 1.83. The summed E-state index contributed by atoms with van der Waals surface area (Å²) < 4.78 is 1.02. The first-order valence-corrected chi connectivity index (χ1v) is 7.48. The molecule has 21 heavy (non-hydrogen) atoms. The fraction of sp³-hybridized carbons (Fsp3) is 0.176. The standard InChI is InChI=1S/C17H17BrN2O/c1-12-3-5-14(6-4-12)11-17(21)20-19-13(2)15-7-9-16(18)10-8-15/h3-10H,11H2,1-2H3,(H,20,21)/b19-13-. The van der Waals surface area contributed by atoms with Crippen molar-refractivity contribution in [2.24, 2.45) is 5.10 Å². The molecule has 1 amide bonds. The van der Waals surface area contributed by atoms with Gasteiger partial charge in [-0.3, -0.25) is 4.79 Å². The lowest BCUT2D eigenvalue weighted by atomic mass is 10.1. The van der Waals surface area contributed by atoms with Gasteiger partial charge in [0.05, 0.1) is 12.1 Å². The van der Waals surface area contributed by atoms with Gasteiger partial charge in [-0.05, 0) is 37.1 Å². The fourth-order valence-corrected chi connectivity index (χ4v) is 2.10. The highest BCUT2D eigenvalue weighted by Gasteiger charge is 2.03. The van der Waals surface area contributed by atoms with Gasteiger partial charge in [0.2, 0.25) is 5.91 Å². The molecule has 4 heteroatoms. The van der Waals surface area contributed by atoms with Crippen molar-refractivity contribution < 1.29 is 4.79 Å². The Morgan fingerprint density at radius 2 is 1.71 bits per heavy atom. The maximum absolute atomic E-state index is 11.9. The lowest BCUT2D eigenvalue weighted by molar-refractivity contribution is -0.120. The first-order valence-electron chi connectivity index (χ1n) is 6.69. The Bertz CT molecular complexity index is 645. The number of carbonyl (C=O) groups excluding carboxylic acids is 1. The number of amides is 1. The van der Waals surface area contributed by atoms with Crippen molar-refractivity contribution in [1.29, 1.82) is 0 Å². The quantitative estimate of drug-likeness (QED) is 0.664. The summed E-state index contributed by atoms with van der Waals surface area (Å²) in [7, 11) is 0. The van der Waals surface area contributed by atoms with E-state index in [1.165, 1.54) is 5.56 Å². The van der Waals surface area contributed by atoms with Gasteiger partial charge < -0.3 is 0 Å². The third kappa shape index (κ3) is 4.83. The summed E-state index contributed by atoms with van der Waals surface area (Å²) in [5.41, 5.74) is 6.52. The summed E-state index contributed by atoms with van der Waals surface area (Å²) in [6.07, 6.45) is 0.331. The minimum Gasteiger partial charge on any atom is -0.273 e. The zero-order chi connectivity index (χ0) is 15.2. The predicted molar refractivity (Wildman–Crippen MR) is 89.4 cm³/mol. The van der Waals surface area contributed by atoms with Crippen molar-refractivity contribution in [1.82, 2.24) is 5.43 Å². The molecule has 0 spiro atoms. The zero-order valence-electron chi connectivity index (χ0n) is 12.1. The van der Waals surface area contributed by atoms with E-state index >= 15 is 0 Å². The van der Waals surface area contributed by atoms with E-state index in [2.05, 4.69) is 26.5 Å². The predicted octanol–water partition coefficient (Wildman–Crippen LogP) is 3.84. The lowest BCUT2D eigenvalue weighted by Crippen LogP contribution is -2.21. The molecule has 0 aliphatic heterocycles. The third-order valence-electron chi connectivity index (χ3n) is 3.10. The van der Waals surface area contributed by atoms with Crippen LogP contribution in [-0.4, -0.2) is 11.6 Å². The second-order valence-corrected chi connectivity index (χ2v) is 5.82. The average molecular weight is 345 g/mol. The minimum absolute atomic E-state index is 0.115. The summed E-state index contributed by atoms with van der Waals surface area (Å²) in [4.78, 5) is 11.9. The van der Waals surface area contributed by atoms with Crippen LogP contribution in [0.15, 0.2) is 58.1 Å². The smallest absolute Gasteiger partial charge is 0.244 e. The number of carbonyl (C=O) groups is 1. The van der Waals surface area contributed by atoms with Gasteiger partial charge in [-0.2, -0.15) is 5.10 Å². The van der Waals surface area contributed by atoms with Crippen LogP contribution in [0.5, 0.6) is 0 Å². The normalized spacial score (nSPS) is 11.3. The van der Waals surface area contributed by atoms with Gasteiger partial charge in [-0.25, -0.2) is 5.43 Å². The van der Waals surface area contributed by atoms with Crippen LogP contribution >= 0.6 is 15.9 Å². The topological polar surface area (TPSA) is 41.5 Å². The van der Waals surface area contributed by atoms with Crippen molar-refractivity contribution in [3.8, 4) is 0 Å². The Kier molecular flexibility index (Phi) is 5.28. The average Bonchev–Trinajstić information content (AvgIpc) is 2.48. The summed E-state index contributed by atoms with van der Waals surface area (Å²) in [6, 6.07) is 15.7. The molecule has 108 valence electrons. The van der Waals surface area contributed by atoms with Crippen LogP contribution < -0.4 is 5.43 Å². The summed E-state index contributed by atoms with van der Waals surface area (Å²) in [6.45, 7) is 3.89. The Hall–Kier alpha value is -1.94. The van der Waals surface area contributed by atoms with Crippen LogP contribution in [0.1, 0.15) is 23.6 Å². The molecule has 0 radical (unpaired) electrons. The van der Waals surface area contributed by atoms with E-state index in [0.29, 0.717) is 6.42 Å². The van der Waals surface area contributed by atoms with E-state index in [4.69, 9.17) is 0 Å². The second kappa shape index (κ2) is 7.18. The first kappa shape index (κ1) is 15.4. The summed E-state index contributed by atoms with van der Waals surface area (Å²) in [5.74, 6) is -0.115. The number of hydrazone groups is 1. The van der Waals surface area contributed by atoms with E-state index in [0.717, 1.165) is 21.3 Å². The second-order valence-electron chi connectivity index (χ2n) is 4.90. The van der Waals surface area contributed by atoms with Crippen molar-refractivity contribution in [2.45, 2.75) is 20.3 Å². The van der Waals surface area contributed by atoms with Gasteiger partial charge in [-0.1, -0.05) is 57.9 Å². The number of hydrogen-bond donors (Lipinski definition) is 1. The lowest BCUT2D eigenvalue weighted by Gasteiger charge is -2.04. The van der Waals surface area contributed by atoms with Crippen LogP contribution in [-0.2, 0) is 11.2 Å². The molecule has 2 rings (SSSR count). The number of halogens is 1. The molecule has 2 aromatic rings. The molecule has 0 fully saturated rings. The van der Waals surface area contributed by atoms with Crippen LogP contribution in [0, 0.1) is 6.92 Å². The van der Waals surface area contributed by atoms with Crippen LogP contribution in [0.4, 0.5) is 0 Å². The van der Waals surface area contributed by atoms with Gasteiger partial charge >= 0.3 is 0 Å². The van der Waals surface area contributed by atoms with E-state index in [9.17, 15) is 4.79 Å². The van der Waals surface area contributed by atoms with Crippen molar-refractivity contribution >= 4 is 27.5 Å². The highest BCUT2D eigenvalue weighted by molar-refractivity contribution is 9.10. The molecule has 0 aromatic heterocycles. The van der Waals surface area contributed by atoms with Crippen LogP contribution in [0.3, 0.4) is 0 Å². The molecule has 0 unspecified atom stereocenters. The Labute approximate surface area is 133 Å². The molecule has 0 bridgehead atoms. The highest BCUT2D eigenvalue weighted by atomic mass is 79.9. The van der Waals surface area contributed by atoms with Gasteiger partial charge in [-0.15, -0.1) is 0 Å². The molecule has 0 saturated carbocycles. The molecule has 0 saturated heterocycles. The Morgan fingerprint density at radius 1 is 1.10 bits per heavy atom. The number of aryl methyl sites for hydroxylation is 1. The highest BCUT2D eigenvalue weighted by Crippen LogP contribution is 2.11. The number of nitrogens with one attached hydrogen (secondary N) is 1. The molecule has 1 N–H and O–H groups in total. The molecule has 0 aliphatic rings. The molecule has 0 heterocycles. The maximum Gasteiger partial charge on any atom is 0.244 e. The molecule has 2 aromatic carbocycles. The number of benzene rings is 2. The third-order valence-corrected chi connectivity index (χ3v) is 3.62. The van der Waals surface area contributed by atoms with E-state index in [-0.39, 0.29) is 5.91 Å².